The third-order valence-electron chi connectivity index (χ3n) is 4.48. The van der Waals surface area contributed by atoms with Gasteiger partial charge in [0.25, 0.3) is 0 Å². The zero-order valence-electron chi connectivity index (χ0n) is 14.0. The average molecular weight is 343 g/mol. The number of aryl methyl sites for hydroxylation is 2. The van der Waals surface area contributed by atoms with Crippen molar-refractivity contribution in [3.63, 3.8) is 0 Å². The summed E-state index contributed by atoms with van der Waals surface area (Å²) in [5, 5.41) is 10.6. The average Bonchev–Trinajstić information content (AvgIpc) is 2.88. The van der Waals surface area contributed by atoms with Gasteiger partial charge in [0.05, 0.1) is 18.7 Å². The highest BCUT2D eigenvalue weighted by atomic mass is 32.2. The van der Waals surface area contributed by atoms with Crippen LogP contribution in [0.2, 0.25) is 0 Å². The van der Waals surface area contributed by atoms with E-state index in [4.69, 9.17) is 9.72 Å². The molecule has 0 atom stereocenters. The largest absolute Gasteiger partial charge is 0.379 e. The molecule has 2 aromatic heterocycles. The third kappa shape index (κ3) is 2.99. The molecule has 4 rings (SSSR count). The lowest BCUT2D eigenvalue weighted by Gasteiger charge is -2.26. The summed E-state index contributed by atoms with van der Waals surface area (Å²) in [5.41, 5.74) is 4.15. The maximum absolute atomic E-state index is 5.38. The normalized spacial score (nSPS) is 16.2. The molecule has 1 saturated heterocycles. The summed E-state index contributed by atoms with van der Waals surface area (Å²) in [5.74, 6) is 0.968. The summed E-state index contributed by atoms with van der Waals surface area (Å²) in [7, 11) is 2.04. The van der Waals surface area contributed by atoms with Gasteiger partial charge in [-0.15, -0.1) is 10.2 Å². The number of ether oxygens (including phenoxy) is 1. The van der Waals surface area contributed by atoms with Crippen molar-refractivity contribution in [2.75, 3.05) is 38.6 Å². The number of aromatic nitrogens is 4. The van der Waals surface area contributed by atoms with E-state index in [1.165, 1.54) is 5.56 Å². The van der Waals surface area contributed by atoms with E-state index < -0.39 is 0 Å². The van der Waals surface area contributed by atoms with Crippen LogP contribution in [0.1, 0.15) is 5.56 Å². The number of thioether (sulfide) groups is 1. The Bertz CT molecular complexity index is 872. The summed E-state index contributed by atoms with van der Waals surface area (Å²) in [4.78, 5) is 7.15. The molecule has 1 aliphatic rings. The number of hydrogen-bond donors (Lipinski definition) is 0. The van der Waals surface area contributed by atoms with Crippen molar-refractivity contribution < 1.29 is 4.74 Å². The van der Waals surface area contributed by atoms with Crippen molar-refractivity contribution in [1.29, 1.82) is 0 Å². The zero-order chi connectivity index (χ0) is 16.5. The summed E-state index contributed by atoms with van der Waals surface area (Å²) < 4.78 is 7.48. The number of morpholine rings is 1. The molecule has 0 amide bonds. The van der Waals surface area contributed by atoms with Crippen LogP contribution in [-0.4, -0.2) is 63.2 Å². The predicted molar refractivity (Wildman–Crippen MR) is 96.5 cm³/mol. The Kier molecular flexibility index (Phi) is 4.39. The van der Waals surface area contributed by atoms with Crippen molar-refractivity contribution in [3.05, 3.63) is 23.8 Å². The van der Waals surface area contributed by atoms with E-state index in [0.717, 1.165) is 65.8 Å². The standard InChI is InChI=1S/C17H21N5OS/c1-12-3-4-14-13(11-12)15-16(21(14)2)18-17(20-19-15)24-10-7-22-5-8-23-9-6-22/h3-4,11H,5-10H2,1-2H3. The van der Waals surface area contributed by atoms with Gasteiger partial charge in [0, 0.05) is 37.8 Å². The second-order valence-electron chi connectivity index (χ2n) is 6.15. The van der Waals surface area contributed by atoms with Crippen LogP contribution in [0.4, 0.5) is 0 Å². The predicted octanol–water partition coefficient (Wildman–Crippen LogP) is 2.25. The van der Waals surface area contributed by atoms with Crippen molar-refractivity contribution in [1.82, 2.24) is 24.6 Å². The first kappa shape index (κ1) is 15.8. The fourth-order valence-corrected chi connectivity index (χ4v) is 3.89. The fraction of sp³-hybridized carbons (Fsp3) is 0.471. The Balaban J connectivity index is 1.54. The second-order valence-corrected chi connectivity index (χ2v) is 7.21. The molecule has 1 aromatic carbocycles. The number of benzene rings is 1. The first-order valence-electron chi connectivity index (χ1n) is 8.25. The SMILES string of the molecule is Cc1ccc2c(c1)c1nnc(SCCN3CCOCC3)nc1n2C. The van der Waals surface area contributed by atoms with Crippen LogP contribution >= 0.6 is 11.8 Å². The van der Waals surface area contributed by atoms with Gasteiger partial charge in [0.15, 0.2) is 5.65 Å². The van der Waals surface area contributed by atoms with Crippen molar-refractivity contribution in [2.24, 2.45) is 7.05 Å². The van der Waals surface area contributed by atoms with Crippen molar-refractivity contribution in [2.45, 2.75) is 12.1 Å². The molecule has 0 radical (unpaired) electrons. The summed E-state index contributed by atoms with van der Waals surface area (Å²) in [6, 6.07) is 6.39. The lowest BCUT2D eigenvalue weighted by molar-refractivity contribution is 0.0410. The Morgan fingerprint density at radius 1 is 1.21 bits per heavy atom. The van der Waals surface area contributed by atoms with Crippen LogP contribution in [0.3, 0.4) is 0 Å². The second kappa shape index (κ2) is 6.66. The van der Waals surface area contributed by atoms with Crippen LogP contribution in [-0.2, 0) is 11.8 Å². The van der Waals surface area contributed by atoms with E-state index in [9.17, 15) is 0 Å². The monoisotopic (exact) mass is 343 g/mol. The minimum atomic E-state index is 0.749. The number of rotatable bonds is 4. The topological polar surface area (TPSA) is 56.1 Å². The van der Waals surface area contributed by atoms with Gasteiger partial charge in [-0.3, -0.25) is 4.90 Å². The summed E-state index contributed by atoms with van der Waals surface area (Å²) in [6.45, 7) is 6.83. The Hall–Kier alpha value is -1.70. The van der Waals surface area contributed by atoms with E-state index in [0.29, 0.717) is 0 Å². The molecule has 126 valence electrons. The van der Waals surface area contributed by atoms with Crippen LogP contribution < -0.4 is 0 Å². The highest BCUT2D eigenvalue weighted by molar-refractivity contribution is 7.99. The molecule has 1 fully saturated rings. The molecule has 1 aliphatic heterocycles. The number of hydrogen-bond acceptors (Lipinski definition) is 6. The van der Waals surface area contributed by atoms with E-state index >= 15 is 0 Å². The lowest BCUT2D eigenvalue weighted by Crippen LogP contribution is -2.37. The highest BCUT2D eigenvalue weighted by Gasteiger charge is 2.14. The molecule has 3 aromatic rings. The Labute approximate surface area is 145 Å². The van der Waals surface area contributed by atoms with Gasteiger partial charge < -0.3 is 9.30 Å². The first-order chi connectivity index (χ1) is 11.7. The number of fused-ring (bicyclic) bond motifs is 3. The van der Waals surface area contributed by atoms with Crippen LogP contribution in [0.5, 0.6) is 0 Å². The number of nitrogens with zero attached hydrogens (tertiary/aromatic N) is 5. The van der Waals surface area contributed by atoms with Crippen molar-refractivity contribution >= 4 is 33.8 Å². The quantitative estimate of drug-likeness (QED) is 0.677. The van der Waals surface area contributed by atoms with Crippen LogP contribution in [0.15, 0.2) is 23.4 Å². The van der Waals surface area contributed by atoms with Gasteiger partial charge >= 0.3 is 0 Å². The van der Waals surface area contributed by atoms with Gasteiger partial charge in [-0.25, -0.2) is 4.98 Å². The van der Waals surface area contributed by atoms with E-state index in [2.05, 4.69) is 44.8 Å². The molecule has 0 saturated carbocycles. The Morgan fingerprint density at radius 3 is 2.88 bits per heavy atom. The van der Waals surface area contributed by atoms with E-state index in [1.807, 2.05) is 7.05 Å². The molecule has 0 N–H and O–H groups in total. The molecule has 0 spiro atoms. The van der Waals surface area contributed by atoms with Crippen LogP contribution in [0, 0.1) is 6.92 Å². The summed E-state index contributed by atoms with van der Waals surface area (Å²) >= 11 is 1.67. The smallest absolute Gasteiger partial charge is 0.211 e. The van der Waals surface area contributed by atoms with Gasteiger partial charge in [-0.2, -0.15) is 0 Å². The molecule has 6 nitrogen and oxygen atoms in total. The van der Waals surface area contributed by atoms with Gasteiger partial charge in [0.1, 0.15) is 5.52 Å². The zero-order valence-corrected chi connectivity index (χ0v) is 14.8. The molecular formula is C17H21N5OS. The maximum Gasteiger partial charge on any atom is 0.211 e. The van der Waals surface area contributed by atoms with Crippen LogP contribution in [0.25, 0.3) is 22.1 Å². The van der Waals surface area contributed by atoms with Gasteiger partial charge in [0.2, 0.25) is 5.16 Å². The van der Waals surface area contributed by atoms with Crippen molar-refractivity contribution in [3.8, 4) is 0 Å². The van der Waals surface area contributed by atoms with E-state index in [-0.39, 0.29) is 0 Å². The Morgan fingerprint density at radius 2 is 2.04 bits per heavy atom. The molecular weight excluding hydrogens is 322 g/mol. The van der Waals surface area contributed by atoms with Gasteiger partial charge in [-0.1, -0.05) is 23.4 Å². The molecule has 0 aliphatic carbocycles. The van der Waals surface area contributed by atoms with Gasteiger partial charge in [-0.05, 0) is 19.1 Å². The molecule has 0 bridgehead atoms. The molecule has 24 heavy (non-hydrogen) atoms. The minimum absolute atomic E-state index is 0.749. The first-order valence-corrected chi connectivity index (χ1v) is 9.23. The third-order valence-corrected chi connectivity index (χ3v) is 5.30. The fourth-order valence-electron chi connectivity index (χ4n) is 3.11. The minimum Gasteiger partial charge on any atom is -0.379 e. The molecule has 3 heterocycles. The maximum atomic E-state index is 5.38. The molecule has 7 heteroatoms. The lowest BCUT2D eigenvalue weighted by atomic mass is 10.2. The van der Waals surface area contributed by atoms with E-state index in [1.54, 1.807) is 11.8 Å². The summed E-state index contributed by atoms with van der Waals surface area (Å²) in [6.07, 6.45) is 0. The molecule has 0 unspecified atom stereocenters. The highest BCUT2D eigenvalue weighted by Crippen LogP contribution is 2.27.